The lowest BCUT2D eigenvalue weighted by Crippen LogP contribution is -2.38. The lowest BCUT2D eigenvalue weighted by Gasteiger charge is -2.28. The minimum Gasteiger partial charge on any atom is -0.398 e. The molecule has 1 aliphatic heterocycles. The molecule has 1 aliphatic rings. The van der Waals surface area contributed by atoms with E-state index in [-0.39, 0.29) is 0 Å². The number of aromatic nitrogens is 2. The van der Waals surface area contributed by atoms with Crippen LogP contribution in [0.5, 0.6) is 0 Å². The summed E-state index contributed by atoms with van der Waals surface area (Å²) in [6.07, 6.45) is 5.28. The van der Waals surface area contributed by atoms with Gasteiger partial charge < -0.3 is 26.8 Å². The topological polar surface area (TPSA) is 125 Å². The number of carbonyl (C=O) groups is 1. The number of hydrogen-bond acceptors (Lipinski definition) is 6. The molecule has 30 heavy (non-hydrogen) atoms. The normalized spacial score (nSPS) is 15.5. The fourth-order valence-corrected chi connectivity index (χ4v) is 3.52. The minimum atomic E-state index is -0.558. The second-order valence-electron chi connectivity index (χ2n) is 6.97. The Morgan fingerprint density at radius 3 is 2.43 bits per heavy atom. The number of morpholine rings is 1. The number of rotatable bonds is 5. The predicted octanol–water partition coefficient (Wildman–Crippen LogP) is 1.53. The number of benzene rings is 1. The highest BCUT2D eigenvalue weighted by Crippen LogP contribution is 2.27. The van der Waals surface area contributed by atoms with Gasteiger partial charge in [0.05, 0.1) is 19.0 Å². The first-order valence-corrected chi connectivity index (χ1v) is 9.68. The van der Waals surface area contributed by atoms with E-state index in [1.807, 2.05) is 41.3 Å². The van der Waals surface area contributed by atoms with E-state index < -0.39 is 5.91 Å². The third-order valence-electron chi connectivity index (χ3n) is 5.05. The van der Waals surface area contributed by atoms with Crippen molar-refractivity contribution in [1.29, 1.82) is 0 Å². The number of carbonyl (C=O) groups excluding carboxylic acids is 1. The van der Waals surface area contributed by atoms with E-state index in [9.17, 15) is 4.79 Å². The molecule has 0 aliphatic carbocycles. The number of pyridine rings is 1. The molecule has 1 fully saturated rings. The first-order chi connectivity index (χ1) is 14.6. The summed E-state index contributed by atoms with van der Waals surface area (Å²) >= 11 is 0. The van der Waals surface area contributed by atoms with E-state index in [1.165, 1.54) is 0 Å². The zero-order chi connectivity index (χ0) is 21.1. The Morgan fingerprint density at radius 2 is 1.73 bits per heavy atom. The van der Waals surface area contributed by atoms with Crippen molar-refractivity contribution in [2.24, 2.45) is 17.2 Å². The quantitative estimate of drug-likeness (QED) is 0.554. The minimum absolute atomic E-state index is 0.314. The Hall–Kier alpha value is -3.78. The van der Waals surface area contributed by atoms with Crippen LogP contribution in [0.3, 0.4) is 0 Å². The molecule has 0 saturated carbocycles. The summed E-state index contributed by atoms with van der Waals surface area (Å²) in [5, 5.41) is 0. The van der Waals surface area contributed by atoms with Gasteiger partial charge in [0.15, 0.2) is 0 Å². The standard InChI is InChI=1S/C22H24N6O2/c23-17(8-9-18(24)27-11-13-30-14-12-27)16-7-4-10-28-20(21(25)29)19(26-22(16)28)15-5-2-1-3-6-15/h1-10H,11-14,23-24H2,(H2,25,29)/b17-8-,18-9+. The summed E-state index contributed by atoms with van der Waals surface area (Å²) in [4.78, 5) is 19.0. The number of nitrogens with zero attached hydrogens (tertiary/aromatic N) is 3. The number of imidazole rings is 1. The predicted molar refractivity (Wildman–Crippen MR) is 116 cm³/mol. The number of hydrogen-bond donors (Lipinski definition) is 3. The summed E-state index contributed by atoms with van der Waals surface area (Å²) in [6, 6.07) is 13.1. The molecule has 0 spiro atoms. The van der Waals surface area contributed by atoms with Gasteiger partial charge in [0.2, 0.25) is 0 Å². The summed E-state index contributed by atoms with van der Waals surface area (Å²) in [5.74, 6) is 0.0665. The van der Waals surface area contributed by atoms with Crippen molar-refractivity contribution in [3.8, 4) is 11.3 Å². The lowest BCUT2D eigenvalue weighted by molar-refractivity contribution is 0.0530. The molecule has 2 aromatic heterocycles. The zero-order valence-corrected chi connectivity index (χ0v) is 16.5. The SMILES string of the molecule is NC(=O)c1c(-c2ccccc2)nc2c(/C(N)=C/C=C(\N)N3CCOCC3)cccn12. The Morgan fingerprint density at radius 1 is 1.00 bits per heavy atom. The largest absolute Gasteiger partial charge is 0.398 e. The molecule has 0 unspecified atom stereocenters. The van der Waals surface area contributed by atoms with Crippen LogP contribution in [-0.4, -0.2) is 46.5 Å². The Bertz CT molecular complexity index is 1130. The van der Waals surface area contributed by atoms with Gasteiger partial charge in [-0.05, 0) is 24.3 Å². The molecule has 0 bridgehead atoms. The van der Waals surface area contributed by atoms with Gasteiger partial charge in [-0.25, -0.2) is 4.98 Å². The average Bonchev–Trinajstić information content (AvgIpc) is 3.18. The maximum atomic E-state index is 12.2. The van der Waals surface area contributed by atoms with Crippen LogP contribution in [-0.2, 0) is 4.74 Å². The van der Waals surface area contributed by atoms with Gasteiger partial charge >= 0.3 is 0 Å². The van der Waals surface area contributed by atoms with Gasteiger partial charge in [-0.3, -0.25) is 9.20 Å². The van der Waals surface area contributed by atoms with Crippen molar-refractivity contribution in [2.45, 2.75) is 0 Å². The molecule has 3 heterocycles. The molecule has 4 rings (SSSR count). The number of primary amides is 1. The molecule has 1 saturated heterocycles. The molecule has 8 heteroatoms. The third kappa shape index (κ3) is 3.72. The first kappa shape index (κ1) is 19.5. The molecular weight excluding hydrogens is 380 g/mol. The van der Waals surface area contributed by atoms with E-state index in [0.29, 0.717) is 47.3 Å². The lowest BCUT2D eigenvalue weighted by atomic mass is 10.1. The maximum Gasteiger partial charge on any atom is 0.268 e. The Kier molecular flexibility index (Phi) is 5.40. The van der Waals surface area contributed by atoms with E-state index in [4.69, 9.17) is 26.9 Å². The van der Waals surface area contributed by atoms with Gasteiger partial charge in [0, 0.05) is 36.1 Å². The summed E-state index contributed by atoms with van der Waals surface area (Å²) in [5.41, 5.74) is 21.6. The summed E-state index contributed by atoms with van der Waals surface area (Å²) < 4.78 is 7.03. The van der Waals surface area contributed by atoms with Crippen molar-refractivity contribution in [1.82, 2.24) is 14.3 Å². The van der Waals surface area contributed by atoms with Crippen molar-refractivity contribution in [2.75, 3.05) is 26.3 Å². The van der Waals surface area contributed by atoms with Crippen molar-refractivity contribution < 1.29 is 9.53 Å². The van der Waals surface area contributed by atoms with E-state index in [2.05, 4.69) is 0 Å². The molecule has 154 valence electrons. The number of fused-ring (bicyclic) bond motifs is 1. The molecule has 3 aromatic rings. The summed E-state index contributed by atoms with van der Waals surface area (Å²) in [7, 11) is 0. The number of amides is 1. The highest BCUT2D eigenvalue weighted by atomic mass is 16.5. The van der Waals surface area contributed by atoms with Gasteiger partial charge in [-0.1, -0.05) is 30.3 Å². The molecule has 8 nitrogen and oxygen atoms in total. The van der Waals surface area contributed by atoms with Crippen LogP contribution in [0.4, 0.5) is 0 Å². The fourth-order valence-electron chi connectivity index (χ4n) is 3.52. The molecule has 1 amide bonds. The van der Waals surface area contributed by atoms with Gasteiger partial charge in [0.25, 0.3) is 5.91 Å². The van der Waals surface area contributed by atoms with Crippen molar-refractivity contribution in [3.63, 3.8) is 0 Å². The highest BCUT2D eigenvalue weighted by molar-refractivity contribution is 5.99. The van der Waals surface area contributed by atoms with Crippen LogP contribution in [0.2, 0.25) is 0 Å². The zero-order valence-electron chi connectivity index (χ0n) is 16.5. The van der Waals surface area contributed by atoms with Crippen LogP contribution < -0.4 is 17.2 Å². The average molecular weight is 404 g/mol. The molecule has 0 radical (unpaired) electrons. The van der Waals surface area contributed by atoms with E-state index in [0.717, 1.165) is 18.7 Å². The van der Waals surface area contributed by atoms with Gasteiger partial charge in [-0.15, -0.1) is 0 Å². The van der Waals surface area contributed by atoms with Gasteiger partial charge in [-0.2, -0.15) is 0 Å². The second kappa shape index (κ2) is 8.30. The molecule has 1 aromatic carbocycles. The van der Waals surface area contributed by atoms with E-state index >= 15 is 0 Å². The van der Waals surface area contributed by atoms with E-state index in [1.54, 1.807) is 28.8 Å². The highest BCUT2D eigenvalue weighted by Gasteiger charge is 2.20. The van der Waals surface area contributed by atoms with Crippen LogP contribution in [0.25, 0.3) is 22.6 Å². The Labute approximate surface area is 174 Å². The van der Waals surface area contributed by atoms with Gasteiger partial charge in [0.1, 0.15) is 17.0 Å². The summed E-state index contributed by atoms with van der Waals surface area (Å²) in [6.45, 7) is 2.79. The maximum absolute atomic E-state index is 12.2. The Balaban J connectivity index is 1.77. The number of nitrogens with two attached hydrogens (primary N) is 3. The number of allylic oxidation sites excluding steroid dienone is 2. The van der Waals surface area contributed by atoms with Crippen molar-refractivity contribution >= 4 is 17.3 Å². The molecule has 6 N–H and O–H groups in total. The van der Waals surface area contributed by atoms with Crippen molar-refractivity contribution in [3.05, 3.63) is 77.9 Å². The van der Waals surface area contributed by atoms with Crippen LogP contribution in [0.15, 0.2) is 66.6 Å². The smallest absolute Gasteiger partial charge is 0.268 e. The molecule has 0 atom stereocenters. The second-order valence-corrected chi connectivity index (χ2v) is 6.97. The third-order valence-corrected chi connectivity index (χ3v) is 5.05. The fraction of sp³-hybridized carbons (Fsp3) is 0.182. The number of ether oxygens (including phenoxy) is 1. The monoisotopic (exact) mass is 404 g/mol. The van der Waals surface area contributed by atoms with Crippen LogP contribution >= 0.6 is 0 Å². The van der Waals surface area contributed by atoms with Crippen LogP contribution in [0.1, 0.15) is 16.1 Å². The van der Waals surface area contributed by atoms with Crippen LogP contribution in [0, 0.1) is 0 Å². The molecular formula is C22H24N6O2. The first-order valence-electron chi connectivity index (χ1n) is 9.68.